The van der Waals surface area contributed by atoms with Crippen molar-refractivity contribution in [2.45, 2.75) is 82.8 Å². The maximum absolute atomic E-state index is 14.3. The maximum atomic E-state index is 14.3. The number of benzene rings is 3. The van der Waals surface area contributed by atoms with Crippen LogP contribution in [0, 0.1) is 13.8 Å². The summed E-state index contributed by atoms with van der Waals surface area (Å²) in [6, 6.07) is 19.9. The van der Waals surface area contributed by atoms with Gasteiger partial charge in [0, 0.05) is 17.6 Å². The summed E-state index contributed by atoms with van der Waals surface area (Å²) in [6.07, 6.45) is 5.55. The Bertz CT molecular complexity index is 1470. The van der Waals surface area contributed by atoms with Gasteiger partial charge in [0.15, 0.2) is 0 Å². The molecular formula is C33H40ClN3O4S. The van der Waals surface area contributed by atoms with Crippen molar-refractivity contribution < 1.29 is 18.0 Å². The van der Waals surface area contributed by atoms with Crippen molar-refractivity contribution in [2.24, 2.45) is 0 Å². The second-order valence-corrected chi connectivity index (χ2v) is 13.3. The number of hydrogen-bond acceptors (Lipinski definition) is 4. The molecular weight excluding hydrogens is 570 g/mol. The summed E-state index contributed by atoms with van der Waals surface area (Å²) in [5.74, 6) is -0.657. The highest BCUT2D eigenvalue weighted by atomic mass is 35.5. The van der Waals surface area contributed by atoms with Gasteiger partial charge >= 0.3 is 0 Å². The molecule has 2 amide bonds. The van der Waals surface area contributed by atoms with Crippen molar-refractivity contribution >= 4 is 39.1 Å². The van der Waals surface area contributed by atoms with Crippen LogP contribution in [0.25, 0.3) is 0 Å². The molecule has 42 heavy (non-hydrogen) atoms. The Balaban J connectivity index is 1.71. The molecule has 0 spiro atoms. The Morgan fingerprint density at radius 3 is 2.19 bits per heavy atom. The van der Waals surface area contributed by atoms with E-state index in [-0.39, 0.29) is 23.4 Å². The van der Waals surface area contributed by atoms with Gasteiger partial charge in [-0.05, 0) is 80.6 Å². The third kappa shape index (κ3) is 7.72. The molecule has 0 saturated heterocycles. The van der Waals surface area contributed by atoms with Gasteiger partial charge in [-0.3, -0.25) is 13.9 Å². The molecule has 0 unspecified atom stereocenters. The van der Waals surface area contributed by atoms with Crippen LogP contribution in [-0.2, 0) is 26.2 Å². The van der Waals surface area contributed by atoms with E-state index in [4.69, 9.17) is 11.6 Å². The topological polar surface area (TPSA) is 86.8 Å². The lowest BCUT2D eigenvalue weighted by molar-refractivity contribution is -0.140. The number of halogens is 1. The molecule has 9 heteroatoms. The standard InChI is InChI=1S/C33H40ClN3O4S/c1-4-31(33(39)35-28-12-6-5-7-13-28)36(22-26-11-9-8-10-25(26)3)32(38)23-37(29-18-14-24(2)15-19-29)42(40,41)30-20-16-27(34)17-21-30/h8-11,14-21,28,31H,4-7,12-13,22-23H2,1-3H3,(H,35,39)/t31-/m1/s1. The van der Waals surface area contributed by atoms with E-state index in [0.29, 0.717) is 17.1 Å². The first-order valence-electron chi connectivity index (χ1n) is 14.6. The SMILES string of the molecule is CC[C@H](C(=O)NC1CCCCC1)N(Cc1ccccc1C)C(=O)CN(c1ccc(C)cc1)S(=O)(=O)c1ccc(Cl)cc1. The van der Waals surface area contributed by atoms with Crippen molar-refractivity contribution in [3.05, 3.63) is 94.5 Å². The number of aryl methyl sites for hydroxylation is 2. The van der Waals surface area contributed by atoms with Crippen LogP contribution in [-0.4, -0.2) is 43.8 Å². The second kappa shape index (κ2) is 14.2. The molecule has 4 rings (SSSR count). The third-order valence-corrected chi connectivity index (χ3v) is 9.98. The van der Waals surface area contributed by atoms with Crippen LogP contribution < -0.4 is 9.62 Å². The van der Waals surface area contributed by atoms with Gasteiger partial charge in [-0.25, -0.2) is 8.42 Å². The Morgan fingerprint density at radius 2 is 1.57 bits per heavy atom. The highest BCUT2D eigenvalue weighted by molar-refractivity contribution is 7.92. The molecule has 0 radical (unpaired) electrons. The van der Waals surface area contributed by atoms with E-state index >= 15 is 0 Å². The zero-order chi connectivity index (χ0) is 30.3. The van der Waals surface area contributed by atoms with Crippen LogP contribution in [0.5, 0.6) is 0 Å². The van der Waals surface area contributed by atoms with Crippen molar-refractivity contribution in [2.75, 3.05) is 10.8 Å². The zero-order valence-electron chi connectivity index (χ0n) is 24.6. The molecule has 1 atom stereocenters. The number of anilines is 1. The lowest BCUT2D eigenvalue weighted by atomic mass is 9.95. The number of carbonyl (C=O) groups is 2. The molecule has 1 aliphatic carbocycles. The van der Waals surface area contributed by atoms with Gasteiger partial charge in [-0.15, -0.1) is 0 Å². The van der Waals surface area contributed by atoms with E-state index in [1.807, 2.05) is 57.2 Å². The van der Waals surface area contributed by atoms with Crippen molar-refractivity contribution in [3.8, 4) is 0 Å². The van der Waals surface area contributed by atoms with Crippen LogP contribution >= 0.6 is 11.6 Å². The molecule has 1 N–H and O–H groups in total. The normalized spacial score (nSPS) is 14.7. The molecule has 0 bridgehead atoms. The molecule has 3 aromatic carbocycles. The molecule has 3 aromatic rings. The Morgan fingerprint density at radius 1 is 0.929 bits per heavy atom. The maximum Gasteiger partial charge on any atom is 0.264 e. The average Bonchev–Trinajstić information content (AvgIpc) is 2.98. The zero-order valence-corrected chi connectivity index (χ0v) is 26.1. The fraction of sp³-hybridized carbons (Fsp3) is 0.394. The van der Waals surface area contributed by atoms with Crippen LogP contribution in [0.3, 0.4) is 0 Å². The average molecular weight is 610 g/mol. The molecule has 0 aromatic heterocycles. The predicted molar refractivity (Wildman–Crippen MR) is 168 cm³/mol. The van der Waals surface area contributed by atoms with Crippen LogP contribution in [0.15, 0.2) is 77.7 Å². The molecule has 1 saturated carbocycles. The van der Waals surface area contributed by atoms with Gasteiger partial charge in [0.05, 0.1) is 10.6 Å². The summed E-state index contributed by atoms with van der Waals surface area (Å²) < 4.78 is 29.1. The lowest BCUT2D eigenvalue weighted by Gasteiger charge is -2.34. The minimum atomic E-state index is -4.14. The summed E-state index contributed by atoms with van der Waals surface area (Å²) in [7, 11) is -4.14. The largest absolute Gasteiger partial charge is 0.352 e. The molecule has 224 valence electrons. The monoisotopic (exact) mass is 609 g/mol. The Kier molecular flexibility index (Phi) is 10.7. The molecule has 1 fully saturated rings. The van der Waals surface area contributed by atoms with E-state index < -0.39 is 28.5 Å². The van der Waals surface area contributed by atoms with Crippen LogP contribution in [0.4, 0.5) is 5.69 Å². The van der Waals surface area contributed by atoms with Gasteiger partial charge in [0.1, 0.15) is 12.6 Å². The van der Waals surface area contributed by atoms with E-state index in [2.05, 4.69) is 5.32 Å². The smallest absolute Gasteiger partial charge is 0.264 e. The first kappa shape index (κ1) is 31.6. The Hall–Kier alpha value is -3.36. The number of rotatable bonds is 11. The van der Waals surface area contributed by atoms with Crippen molar-refractivity contribution in [1.29, 1.82) is 0 Å². The number of sulfonamides is 1. The third-order valence-electron chi connectivity index (χ3n) is 7.94. The number of amides is 2. The summed E-state index contributed by atoms with van der Waals surface area (Å²) >= 11 is 6.03. The second-order valence-electron chi connectivity index (χ2n) is 11.0. The highest BCUT2D eigenvalue weighted by Crippen LogP contribution is 2.27. The number of carbonyl (C=O) groups excluding carboxylic acids is 2. The van der Waals surface area contributed by atoms with E-state index in [1.165, 1.54) is 30.7 Å². The fourth-order valence-corrected chi connectivity index (χ4v) is 6.95. The minimum absolute atomic E-state index is 0.0211. The highest BCUT2D eigenvalue weighted by Gasteiger charge is 2.34. The molecule has 1 aliphatic rings. The lowest BCUT2D eigenvalue weighted by Crippen LogP contribution is -2.54. The van der Waals surface area contributed by atoms with E-state index in [0.717, 1.165) is 46.7 Å². The number of nitrogens with zero attached hydrogens (tertiary/aromatic N) is 2. The molecule has 7 nitrogen and oxygen atoms in total. The molecule has 0 heterocycles. The number of hydrogen-bond donors (Lipinski definition) is 1. The minimum Gasteiger partial charge on any atom is -0.352 e. The summed E-state index contributed by atoms with van der Waals surface area (Å²) in [4.78, 5) is 29.5. The predicted octanol–water partition coefficient (Wildman–Crippen LogP) is 6.41. The fourth-order valence-electron chi connectivity index (χ4n) is 5.41. The first-order chi connectivity index (χ1) is 20.1. The van der Waals surface area contributed by atoms with Crippen LogP contribution in [0.2, 0.25) is 5.02 Å². The summed E-state index contributed by atoms with van der Waals surface area (Å²) in [6.45, 7) is 5.47. The Labute approximate surface area is 254 Å². The first-order valence-corrected chi connectivity index (χ1v) is 16.4. The van der Waals surface area contributed by atoms with Crippen molar-refractivity contribution in [3.63, 3.8) is 0 Å². The van der Waals surface area contributed by atoms with Gasteiger partial charge < -0.3 is 10.2 Å². The summed E-state index contributed by atoms with van der Waals surface area (Å²) in [5, 5.41) is 3.59. The van der Waals surface area contributed by atoms with Gasteiger partial charge in [0.25, 0.3) is 10.0 Å². The summed E-state index contributed by atoms with van der Waals surface area (Å²) in [5.41, 5.74) is 3.21. The van der Waals surface area contributed by atoms with Crippen LogP contribution in [0.1, 0.15) is 62.1 Å². The van der Waals surface area contributed by atoms with Gasteiger partial charge in [-0.1, -0.05) is 79.7 Å². The molecule has 0 aliphatic heterocycles. The van der Waals surface area contributed by atoms with E-state index in [9.17, 15) is 18.0 Å². The van der Waals surface area contributed by atoms with E-state index in [1.54, 1.807) is 17.0 Å². The van der Waals surface area contributed by atoms with Gasteiger partial charge in [-0.2, -0.15) is 0 Å². The van der Waals surface area contributed by atoms with Gasteiger partial charge in [0.2, 0.25) is 11.8 Å². The number of nitrogens with one attached hydrogen (secondary N) is 1. The quantitative estimate of drug-likeness (QED) is 0.272. The van der Waals surface area contributed by atoms with Crippen molar-refractivity contribution in [1.82, 2.24) is 10.2 Å².